The van der Waals surface area contributed by atoms with Crippen LogP contribution in [-0.4, -0.2) is 25.1 Å². The molecule has 1 aromatic carbocycles. The molecule has 0 aliphatic heterocycles. The molecule has 0 heterocycles. The van der Waals surface area contributed by atoms with E-state index >= 15 is 0 Å². The number of esters is 1. The lowest BCUT2D eigenvalue weighted by Crippen LogP contribution is -2.41. The first kappa shape index (κ1) is 18.5. The summed E-state index contributed by atoms with van der Waals surface area (Å²) in [6.45, 7) is 2.79. The highest BCUT2D eigenvalue weighted by atomic mass is 32.2. The molecule has 0 aliphatic rings. The molecule has 8 heteroatoms. The molecule has 0 fully saturated rings. The first-order valence-electron chi connectivity index (χ1n) is 6.56. The molecule has 1 rings (SSSR count). The first-order chi connectivity index (χ1) is 10.1. The molecule has 1 atom stereocenters. The fourth-order valence-corrected chi connectivity index (χ4v) is 3.04. The number of halogens is 3. The van der Waals surface area contributed by atoms with Crippen LogP contribution in [-0.2, 0) is 26.0 Å². The molecule has 22 heavy (non-hydrogen) atoms. The van der Waals surface area contributed by atoms with Crippen LogP contribution < -0.4 is 0 Å². The van der Waals surface area contributed by atoms with E-state index in [-0.39, 0.29) is 6.61 Å². The predicted octanol–water partition coefficient (Wildman–Crippen LogP) is 3.08. The molecule has 0 bridgehead atoms. The minimum absolute atomic E-state index is 0.276. The molecule has 0 amide bonds. The van der Waals surface area contributed by atoms with Crippen molar-refractivity contribution in [1.82, 2.24) is 0 Å². The Morgan fingerprint density at radius 1 is 1.18 bits per heavy atom. The number of rotatable bonds is 6. The standard InChI is InChI=1S/C14H17F3O4S/c1-10(2)8-12(22(19,20)14(15,16)17)13(18)21-9-11-6-4-3-5-7-11/h3-7,10,12H,8-9H2,1-2H3. The molecule has 0 N–H and O–H groups in total. The summed E-state index contributed by atoms with van der Waals surface area (Å²) in [5, 5.41) is -2.24. The Kier molecular flexibility index (Phi) is 5.99. The zero-order chi connectivity index (χ0) is 17.0. The molecule has 0 aliphatic carbocycles. The lowest BCUT2D eigenvalue weighted by molar-refractivity contribution is -0.145. The van der Waals surface area contributed by atoms with Crippen molar-refractivity contribution in [2.45, 2.75) is 37.6 Å². The van der Waals surface area contributed by atoms with Crippen LogP contribution in [0.5, 0.6) is 0 Å². The molecular formula is C14H17F3O4S. The zero-order valence-corrected chi connectivity index (χ0v) is 12.9. The van der Waals surface area contributed by atoms with Crippen molar-refractivity contribution < 1.29 is 31.1 Å². The second-order valence-corrected chi connectivity index (χ2v) is 7.32. The largest absolute Gasteiger partial charge is 0.498 e. The maximum absolute atomic E-state index is 12.7. The highest BCUT2D eigenvalue weighted by Crippen LogP contribution is 2.30. The summed E-state index contributed by atoms with van der Waals surface area (Å²) in [4.78, 5) is 11.8. The van der Waals surface area contributed by atoms with Gasteiger partial charge in [-0.2, -0.15) is 13.2 Å². The number of ether oxygens (including phenoxy) is 1. The molecule has 0 saturated carbocycles. The smallest absolute Gasteiger partial charge is 0.460 e. The summed E-state index contributed by atoms with van der Waals surface area (Å²) >= 11 is 0. The van der Waals surface area contributed by atoms with Crippen LogP contribution in [0.4, 0.5) is 13.2 Å². The molecule has 0 radical (unpaired) electrons. The van der Waals surface area contributed by atoms with E-state index in [1.54, 1.807) is 30.3 Å². The van der Waals surface area contributed by atoms with E-state index in [4.69, 9.17) is 4.74 Å². The zero-order valence-electron chi connectivity index (χ0n) is 12.1. The second kappa shape index (κ2) is 7.13. The summed E-state index contributed by atoms with van der Waals surface area (Å²) in [7, 11) is -5.61. The van der Waals surface area contributed by atoms with Gasteiger partial charge in [0.05, 0.1) is 0 Å². The first-order valence-corrected chi connectivity index (χ1v) is 8.11. The third-order valence-electron chi connectivity index (χ3n) is 2.87. The number of sulfone groups is 1. The van der Waals surface area contributed by atoms with Gasteiger partial charge in [0.15, 0.2) is 5.25 Å². The quantitative estimate of drug-likeness (QED) is 0.748. The Bertz CT molecular complexity index is 594. The third kappa shape index (κ3) is 4.72. The second-order valence-electron chi connectivity index (χ2n) is 5.20. The van der Waals surface area contributed by atoms with Crippen molar-refractivity contribution in [3.8, 4) is 0 Å². The van der Waals surface area contributed by atoms with Gasteiger partial charge < -0.3 is 4.74 Å². The monoisotopic (exact) mass is 338 g/mol. The number of carbonyl (C=O) groups is 1. The Morgan fingerprint density at radius 2 is 1.73 bits per heavy atom. The average molecular weight is 338 g/mol. The molecule has 0 spiro atoms. The summed E-state index contributed by atoms with van der Waals surface area (Å²) < 4.78 is 65.8. The van der Waals surface area contributed by atoms with Crippen molar-refractivity contribution in [1.29, 1.82) is 0 Å². The lowest BCUT2D eigenvalue weighted by Gasteiger charge is -2.19. The SMILES string of the molecule is CC(C)CC(C(=O)OCc1ccccc1)S(=O)(=O)C(F)(F)F. The van der Waals surface area contributed by atoms with Crippen LogP contribution in [0.3, 0.4) is 0 Å². The van der Waals surface area contributed by atoms with Crippen molar-refractivity contribution in [3.63, 3.8) is 0 Å². The molecule has 4 nitrogen and oxygen atoms in total. The summed E-state index contributed by atoms with van der Waals surface area (Å²) in [5.41, 5.74) is -4.93. The number of carbonyl (C=O) groups excluding carboxylic acids is 1. The Hall–Kier alpha value is -1.57. The molecule has 1 unspecified atom stereocenters. The minimum atomic E-state index is -5.61. The van der Waals surface area contributed by atoms with Gasteiger partial charge in [-0.1, -0.05) is 44.2 Å². The van der Waals surface area contributed by atoms with Gasteiger partial charge in [0, 0.05) is 0 Å². The van der Waals surface area contributed by atoms with E-state index in [9.17, 15) is 26.4 Å². The number of alkyl halides is 3. The van der Waals surface area contributed by atoms with Gasteiger partial charge in [0.25, 0.3) is 9.84 Å². The van der Waals surface area contributed by atoms with Crippen LogP contribution in [0, 0.1) is 5.92 Å². The topological polar surface area (TPSA) is 60.4 Å². The minimum Gasteiger partial charge on any atom is -0.460 e. The van der Waals surface area contributed by atoms with Crippen molar-refractivity contribution >= 4 is 15.8 Å². The van der Waals surface area contributed by atoms with E-state index < -0.39 is 38.9 Å². The van der Waals surface area contributed by atoms with Gasteiger partial charge in [-0.15, -0.1) is 0 Å². The molecular weight excluding hydrogens is 321 g/mol. The average Bonchev–Trinajstić information content (AvgIpc) is 2.41. The van der Waals surface area contributed by atoms with E-state index in [2.05, 4.69) is 0 Å². The highest BCUT2D eigenvalue weighted by molar-refractivity contribution is 7.93. The van der Waals surface area contributed by atoms with E-state index in [1.807, 2.05) is 0 Å². The van der Waals surface area contributed by atoms with E-state index in [1.165, 1.54) is 13.8 Å². The predicted molar refractivity (Wildman–Crippen MR) is 74.5 cm³/mol. The van der Waals surface area contributed by atoms with Crippen molar-refractivity contribution in [2.75, 3.05) is 0 Å². The number of benzene rings is 1. The lowest BCUT2D eigenvalue weighted by atomic mass is 10.1. The van der Waals surface area contributed by atoms with Gasteiger partial charge in [0.1, 0.15) is 6.61 Å². The molecule has 124 valence electrons. The van der Waals surface area contributed by atoms with Gasteiger partial charge in [-0.3, -0.25) is 4.79 Å². The fourth-order valence-electron chi connectivity index (χ4n) is 1.76. The molecule has 1 aromatic rings. The van der Waals surface area contributed by atoms with Gasteiger partial charge in [-0.25, -0.2) is 8.42 Å². The molecule has 0 saturated heterocycles. The van der Waals surface area contributed by atoms with Crippen LogP contribution in [0.1, 0.15) is 25.8 Å². The Morgan fingerprint density at radius 3 is 2.18 bits per heavy atom. The van der Waals surface area contributed by atoms with Crippen LogP contribution >= 0.6 is 0 Å². The van der Waals surface area contributed by atoms with Gasteiger partial charge in [-0.05, 0) is 17.9 Å². The van der Waals surface area contributed by atoms with Gasteiger partial charge in [0.2, 0.25) is 0 Å². The molecule has 0 aromatic heterocycles. The maximum atomic E-state index is 12.7. The number of hydrogen-bond acceptors (Lipinski definition) is 4. The Balaban J connectivity index is 2.90. The van der Waals surface area contributed by atoms with Crippen molar-refractivity contribution in [3.05, 3.63) is 35.9 Å². The van der Waals surface area contributed by atoms with Crippen LogP contribution in [0.25, 0.3) is 0 Å². The third-order valence-corrected chi connectivity index (χ3v) is 4.65. The highest BCUT2D eigenvalue weighted by Gasteiger charge is 2.53. The normalized spacial score (nSPS) is 13.9. The maximum Gasteiger partial charge on any atom is 0.498 e. The van der Waals surface area contributed by atoms with Crippen LogP contribution in [0.2, 0.25) is 0 Å². The van der Waals surface area contributed by atoms with E-state index in [0.29, 0.717) is 5.56 Å². The van der Waals surface area contributed by atoms with E-state index in [0.717, 1.165) is 0 Å². The van der Waals surface area contributed by atoms with Crippen molar-refractivity contribution in [2.24, 2.45) is 5.92 Å². The number of hydrogen-bond donors (Lipinski definition) is 0. The van der Waals surface area contributed by atoms with Crippen LogP contribution in [0.15, 0.2) is 30.3 Å². The summed E-state index contributed by atoms with van der Waals surface area (Å²) in [5.74, 6) is -1.79. The summed E-state index contributed by atoms with van der Waals surface area (Å²) in [6.07, 6.45) is -0.449. The summed E-state index contributed by atoms with van der Waals surface area (Å²) in [6, 6.07) is 8.29. The fraction of sp³-hybridized carbons (Fsp3) is 0.500. The Labute approximate surface area is 127 Å². The van der Waals surface area contributed by atoms with Gasteiger partial charge >= 0.3 is 11.5 Å².